The van der Waals surface area contributed by atoms with Gasteiger partial charge in [0.15, 0.2) is 0 Å². The van der Waals surface area contributed by atoms with E-state index in [1.807, 2.05) is 18.2 Å². The molecule has 112 valence electrons. The summed E-state index contributed by atoms with van der Waals surface area (Å²) in [5.41, 5.74) is 0. The van der Waals surface area contributed by atoms with Gasteiger partial charge in [-0.3, -0.25) is 0 Å². The summed E-state index contributed by atoms with van der Waals surface area (Å²) in [6, 6.07) is 5.55. The van der Waals surface area contributed by atoms with Gasteiger partial charge in [-0.2, -0.15) is 0 Å². The zero-order valence-electron chi connectivity index (χ0n) is 12.0. The van der Waals surface area contributed by atoms with Gasteiger partial charge in [0.25, 0.3) is 0 Å². The van der Waals surface area contributed by atoms with Crippen LogP contribution in [0.25, 0.3) is 9.65 Å². The molecule has 0 aliphatic rings. The van der Waals surface area contributed by atoms with Crippen LogP contribution in [0.15, 0.2) is 18.2 Å². The van der Waals surface area contributed by atoms with E-state index in [-0.39, 0.29) is 26.7 Å². The molecule has 0 spiro atoms. The Bertz CT molecular complexity index is 648. The Labute approximate surface area is 128 Å². The molecule has 2 rings (SSSR count). The van der Waals surface area contributed by atoms with Crippen LogP contribution >= 0.6 is 0 Å². The van der Waals surface area contributed by atoms with Crippen molar-refractivity contribution in [2.75, 3.05) is 14.2 Å². The van der Waals surface area contributed by atoms with Gasteiger partial charge < -0.3 is 0 Å². The topological polar surface area (TPSA) is 72.8 Å². The molecule has 1 aromatic carbocycles. The third-order valence-electron chi connectivity index (χ3n) is 3.21. The first-order valence-electron chi connectivity index (χ1n) is 6.37. The summed E-state index contributed by atoms with van der Waals surface area (Å²) in [5.74, 6) is -0.452. The van der Waals surface area contributed by atoms with Crippen LogP contribution in [0.1, 0.15) is 22.6 Å². The third kappa shape index (κ3) is 3.28. The first-order valence-corrected chi connectivity index (χ1v) is 8.09. The number of methoxy groups -OCH3 is 2. The number of carboxylic acids is 1. The fraction of sp³-hybridized carbons (Fsp3) is 0.333. The van der Waals surface area contributed by atoms with Gasteiger partial charge in [-0.05, 0) is 0 Å². The van der Waals surface area contributed by atoms with E-state index in [9.17, 15) is 9.59 Å². The molecular weight excluding hydrogens is 339 g/mol. The van der Waals surface area contributed by atoms with Crippen LogP contribution in [0, 0.1) is 5.92 Å². The van der Waals surface area contributed by atoms with Crippen molar-refractivity contribution in [2.45, 2.75) is 13.3 Å². The summed E-state index contributed by atoms with van der Waals surface area (Å²) in [6.45, 7) is 1.54. The van der Waals surface area contributed by atoms with Gasteiger partial charge in [0.05, 0.1) is 0 Å². The van der Waals surface area contributed by atoms with Crippen LogP contribution in [-0.4, -0.2) is 45.6 Å². The minimum atomic E-state index is -0.949. The predicted molar refractivity (Wildman–Crippen MR) is 79.7 cm³/mol. The Morgan fingerprint density at radius 2 is 1.81 bits per heavy atom. The molecule has 1 aromatic heterocycles. The van der Waals surface area contributed by atoms with Crippen molar-refractivity contribution in [3.05, 3.63) is 22.6 Å². The second-order valence-electron chi connectivity index (χ2n) is 4.72. The van der Waals surface area contributed by atoms with E-state index in [0.717, 1.165) is 9.65 Å². The first-order chi connectivity index (χ1) is 9.96. The van der Waals surface area contributed by atoms with Crippen molar-refractivity contribution >= 4 is 35.9 Å². The second-order valence-corrected chi connectivity index (χ2v) is 7.00. The van der Waals surface area contributed by atoms with E-state index in [0.29, 0.717) is 15.9 Å². The Morgan fingerprint density at radius 3 is 2.38 bits per heavy atom. The summed E-state index contributed by atoms with van der Waals surface area (Å²) in [7, 11) is 3.13. The molecule has 0 fully saturated rings. The molecule has 6 heteroatoms. The number of ether oxygens (including phenoxy) is 2. The normalized spacial score (nSPS) is 12.1. The van der Waals surface area contributed by atoms with Crippen molar-refractivity contribution < 1.29 is 24.2 Å². The number of rotatable bonds is 6. The summed E-state index contributed by atoms with van der Waals surface area (Å²) in [4.78, 5) is 23.0. The van der Waals surface area contributed by atoms with Crippen molar-refractivity contribution in [2.24, 2.45) is 5.92 Å². The number of carbonyl (C=O) groups is 2. The van der Waals surface area contributed by atoms with Gasteiger partial charge in [-0.1, -0.05) is 0 Å². The molecule has 0 radical (unpaired) electrons. The Morgan fingerprint density at radius 1 is 1.19 bits per heavy atom. The Kier molecular flexibility index (Phi) is 4.70. The van der Waals surface area contributed by atoms with E-state index in [2.05, 4.69) is 0 Å². The molecule has 0 aliphatic heterocycles. The van der Waals surface area contributed by atoms with Gasteiger partial charge >= 0.3 is 128 Å². The number of carboxylic acid groups (broad SMARTS) is 1. The molecule has 1 unspecified atom stereocenters. The molecule has 0 amide bonds. The van der Waals surface area contributed by atoms with Crippen LogP contribution < -0.4 is 9.47 Å². The molecule has 0 aliphatic carbocycles. The molecule has 2 aromatic rings. The third-order valence-corrected chi connectivity index (χ3v) is 5.60. The molecule has 21 heavy (non-hydrogen) atoms. The van der Waals surface area contributed by atoms with E-state index in [1.165, 1.54) is 0 Å². The Balaban J connectivity index is 2.34. The molecule has 1 atom stereocenters. The fourth-order valence-electron chi connectivity index (χ4n) is 1.97. The summed E-state index contributed by atoms with van der Waals surface area (Å²) < 4.78 is 12.2. The van der Waals surface area contributed by atoms with Crippen LogP contribution in [0.5, 0.6) is 11.5 Å². The maximum atomic E-state index is 12.2. The number of hydrogen-bond acceptors (Lipinski definition) is 4. The fourth-order valence-corrected chi connectivity index (χ4v) is 4.11. The summed E-state index contributed by atoms with van der Waals surface area (Å²) in [6.07, 6.45) is 0.0329. The monoisotopic (exact) mass is 356 g/mol. The van der Waals surface area contributed by atoms with E-state index in [1.54, 1.807) is 21.1 Å². The number of Topliss-reactive ketones (excluding diaryl/α,β-unsaturated/α-hetero) is 1. The van der Waals surface area contributed by atoms with Gasteiger partial charge in [-0.25, -0.2) is 0 Å². The number of ketones is 1. The van der Waals surface area contributed by atoms with Crippen molar-refractivity contribution in [3.8, 4) is 11.5 Å². The number of hydrogen-bond donors (Lipinski definition) is 1. The van der Waals surface area contributed by atoms with Crippen LogP contribution in [0.4, 0.5) is 0 Å². The quantitative estimate of drug-likeness (QED) is 0.635. The molecule has 5 nitrogen and oxygen atoms in total. The van der Waals surface area contributed by atoms with Crippen LogP contribution in [-0.2, 0) is 4.79 Å². The second kappa shape index (κ2) is 6.33. The van der Waals surface area contributed by atoms with Gasteiger partial charge in [0.2, 0.25) is 0 Å². The predicted octanol–water partition coefficient (Wildman–Crippen LogP) is 2.21. The number of carbonyl (C=O) groups excluding carboxylic acids is 1. The average molecular weight is 355 g/mol. The van der Waals surface area contributed by atoms with E-state index < -0.39 is 11.9 Å². The zero-order valence-corrected chi connectivity index (χ0v) is 13.7. The summed E-state index contributed by atoms with van der Waals surface area (Å²) >= 11 is -0.121. The maximum absolute atomic E-state index is 12.2. The molecule has 1 heterocycles. The van der Waals surface area contributed by atoms with E-state index >= 15 is 0 Å². The molecule has 0 bridgehead atoms. The van der Waals surface area contributed by atoms with Gasteiger partial charge in [0, 0.05) is 0 Å². The van der Waals surface area contributed by atoms with E-state index in [4.69, 9.17) is 14.6 Å². The van der Waals surface area contributed by atoms with Crippen LogP contribution in [0.2, 0.25) is 0 Å². The molecule has 0 saturated carbocycles. The Hall–Kier alpha value is -1.78. The van der Waals surface area contributed by atoms with Gasteiger partial charge in [0.1, 0.15) is 0 Å². The van der Waals surface area contributed by atoms with Crippen molar-refractivity contribution in [3.63, 3.8) is 0 Å². The molecule has 0 saturated heterocycles. The van der Waals surface area contributed by atoms with Crippen LogP contribution in [0.3, 0.4) is 0 Å². The number of aliphatic carboxylic acids is 1. The minimum absolute atomic E-state index is 0.0329. The average Bonchev–Trinajstić information content (AvgIpc) is 2.88. The number of benzene rings is 1. The van der Waals surface area contributed by atoms with Crippen molar-refractivity contribution in [1.82, 2.24) is 0 Å². The zero-order chi connectivity index (χ0) is 15.6. The summed E-state index contributed by atoms with van der Waals surface area (Å²) in [5, 5.41) is 9.83. The van der Waals surface area contributed by atoms with Gasteiger partial charge in [-0.15, -0.1) is 0 Å². The molecule has 1 N–H and O–H groups in total. The SMILES string of the molecule is COc1cc2cc(C(=O)CC(C)C(=O)O)[se]c2cc1OC. The molecular formula is C15H16O5Se. The standard InChI is InChI=1S/C15H16O5Se/c1-8(15(17)18)4-10(16)14-6-9-5-11(19-2)12(20-3)7-13(9)21-14/h5-8H,4H2,1-3H3,(H,17,18). The van der Waals surface area contributed by atoms with Crippen molar-refractivity contribution in [1.29, 1.82) is 0 Å². The first kappa shape index (κ1) is 15.6. The number of fused-ring (bicyclic) bond motifs is 1.